The van der Waals surface area contributed by atoms with Gasteiger partial charge in [0.2, 0.25) is 0 Å². The maximum atomic E-state index is 13.2. The molecule has 0 saturated carbocycles. The molecule has 0 aliphatic carbocycles. The number of amides is 1. The van der Waals surface area contributed by atoms with E-state index in [0.29, 0.717) is 13.2 Å². The zero-order valence-corrected chi connectivity index (χ0v) is 18.0. The molecule has 1 amide bonds. The number of carbonyl (C=O) groups is 1. The summed E-state index contributed by atoms with van der Waals surface area (Å²) in [7, 11) is 1.82. The minimum absolute atomic E-state index is 0.00271. The first kappa shape index (κ1) is 20.1. The van der Waals surface area contributed by atoms with Crippen molar-refractivity contribution in [3.05, 3.63) is 83.2 Å². The summed E-state index contributed by atoms with van der Waals surface area (Å²) in [6, 6.07) is 20.1. The lowest BCUT2D eigenvalue weighted by Gasteiger charge is -2.29. The third-order valence-corrected chi connectivity index (χ3v) is 5.78. The van der Waals surface area contributed by atoms with Gasteiger partial charge in [0.25, 0.3) is 5.91 Å². The number of nitrogens with zero attached hydrogens (tertiary/aromatic N) is 2. The van der Waals surface area contributed by atoms with Crippen molar-refractivity contribution in [1.29, 1.82) is 0 Å². The van der Waals surface area contributed by atoms with Crippen molar-refractivity contribution in [2.24, 2.45) is 0 Å². The molecule has 30 heavy (non-hydrogen) atoms. The first-order valence-corrected chi connectivity index (χ1v) is 10.3. The van der Waals surface area contributed by atoms with E-state index in [-0.39, 0.29) is 18.1 Å². The quantitative estimate of drug-likeness (QED) is 0.623. The Balaban J connectivity index is 1.50. The van der Waals surface area contributed by atoms with Gasteiger partial charge in [0.15, 0.2) is 17.6 Å². The van der Waals surface area contributed by atoms with Gasteiger partial charge in [0, 0.05) is 18.4 Å². The fourth-order valence-electron chi connectivity index (χ4n) is 4.22. The second-order valence-electron chi connectivity index (χ2n) is 7.92. The molecule has 0 radical (unpaired) electrons. The van der Waals surface area contributed by atoms with Gasteiger partial charge in [-0.2, -0.15) is 0 Å². The average molecular weight is 405 g/mol. The van der Waals surface area contributed by atoms with E-state index in [4.69, 9.17) is 9.47 Å². The van der Waals surface area contributed by atoms with Crippen LogP contribution in [0.1, 0.15) is 40.3 Å². The summed E-state index contributed by atoms with van der Waals surface area (Å²) < 4.78 is 14.0. The molecule has 5 heteroatoms. The number of rotatable bonds is 5. The molecule has 2 heterocycles. The smallest absolute Gasteiger partial charge is 0.255 e. The Morgan fingerprint density at radius 1 is 1.10 bits per heavy atom. The molecular weight excluding hydrogens is 376 g/mol. The number of benzene rings is 2. The van der Waals surface area contributed by atoms with Crippen molar-refractivity contribution in [2.45, 2.75) is 32.9 Å². The Labute approximate surface area is 177 Å². The summed E-state index contributed by atoms with van der Waals surface area (Å²) in [6.07, 6.45) is -0.194. The summed E-state index contributed by atoms with van der Waals surface area (Å²) in [6.45, 7) is 7.13. The van der Waals surface area contributed by atoms with Crippen LogP contribution < -0.4 is 9.47 Å². The molecule has 3 aromatic rings. The number of para-hydroxylation sites is 2. The van der Waals surface area contributed by atoms with Crippen LogP contribution in [0.5, 0.6) is 11.5 Å². The largest absolute Gasteiger partial charge is 0.486 e. The highest BCUT2D eigenvalue weighted by molar-refractivity contribution is 5.95. The number of ether oxygens (including phenoxy) is 2. The molecule has 0 fully saturated rings. The highest BCUT2D eigenvalue weighted by Crippen LogP contribution is 2.31. The van der Waals surface area contributed by atoms with Gasteiger partial charge in [0.05, 0.1) is 18.2 Å². The molecule has 0 N–H and O–H groups in total. The van der Waals surface area contributed by atoms with Crippen LogP contribution in [0.4, 0.5) is 0 Å². The van der Waals surface area contributed by atoms with Gasteiger partial charge >= 0.3 is 0 Å². The molecule has 0 saturated heterocycles. The summed E-state index contributed by atoms with van der Waals surface area (Å²) in [5, 5.41) is 0. The van der Waals surface area contributed by atoms with E-state index in [9.17, 15) is 4.79 Å². The van der Waals surface area contributed by atoms with E-state index in [2.05, 4.69) is 30.5 Å². The number of aryl methyl sites for hydroxylation is 1. The number of hydrogen-bond donors (Lipinski definition) is 0. The summed E-state index contributed by atoms with van der Waals surface area (Å²) in [4.78, 5) is 14.9. The second kappa shape index (κ2) is 8.27. The number of likely N-dealkylation sites (N-methyl/N-ethyl adjacent to an activating group) is 1. The van der Waals surface area contributed by atoms with Crippen LogP contribution in [0.25, 0.3) is 0 Å². The Hall–Kier alpha value is -3.21. The fourth-order valence-corrected chi connectivity index (χ4v) is 4.22. The summed E-state index contributed by atoms with van der Waals surface area (Å²) in [5.74, 6) is 1.47. The lowest BCUT2D eigenvalue weighted by Crippen LogP contribution is -2.41. The SMILES string of the molecule is Cc1cc(C(=O)N(C)CC2COc3ccccc3O2)c(C)n1C(C)c1ccccc1. The second-order valence-corrected chi connectivity index (χ2v) is 7.92. The van der Waals surface area contributed by atoms with E-state index < -0.39 is 0 Å². The number of fused-ring (bicyclic) bond motifs is 1. The van der Waals surface area contributed by atoms with E-state index in [1.807, 2.05) is 62.5 Å². The first-order chi connectivity index (χ1) is 14.5. The van der Waals surface area contributed by atoms with E-state index in [1.54, 1.807) is 4.90 Å². The zero-order chi connectivity index (χ0) is 21.3. The maximum absolute atomic E-state index is 13.2. The van der Waals surface area contributed by atoms with Gasteiger partial charge < -0.3 is 18.9 Å². The minimum Gasteiger partial charge on any atom is -0.486 e. The van der Waals surface area contributed by atoms with Crippen molar-refractivity contribution < 1.29 is 14.3 Å². The molecule has 1 aromatic heterocycles. The monoisotopic (exact) mass is 404 g/mol. The van der Waals surface area contributed by atoms with Crippen LogP contribution >= 0.6 is 0 Å². The standard InChI is InChI=1S/C25H28N2O3/c1-17-14-22(19(3)27(17)18(2)20-10-6-5-7-11-20)25(28)26(4)15-21-16-29-23-12-8-9-13-24(23)30-21/h5-14,18,21H,15-16H2,1-4H3. The van der Waals surface area contributed by atoms with Crippen LogP contribution in [0.3, 0.4) is 0 Å². The normalized spacial score (nSPS) is 16.2. The maximum Gasteiger partial charge on any atom is 0.255 e. The first-order valence-electron chi connectivity index (χ1n) is 10.3. The average Bonchev–Trinajstić information content (AvgIpc) is 3.07. The molecule has 0 spiro atoms. The van der Waals surface area contributed by atoms with Gasteiger partial charge in [0.1, 0.15) is 6.61 Å². The van der Waals surface area contributed by atoms with Gasteiger partial charge in [-0.1, -0.05) is 42.5 Å². The minimum atomic E-state index is -0.194. The predicted octanol–water partition coefficient (Wildman–Crippen LogP) is 4.63. The zero-order valence-electron chi connectivity index (χ0n) is 18.0. The molecule has 4 rings (SSSR count). The Morgan fingerprint density at radius 2 is 1.77 bits per heavy atom. The van der Waals surface area contributed by atoms with E-state index in [0.717, 1.165) is 28.5 Å². The Morgan fingerprint density at radius 3 is 2.50 bits per heavy atom. The highest BCUT2D eigenvalue weighted by atomic mass is 16.6. The molecule has 0 bridgehead atoms. The molecular formula is C25H28N2O3. The lowest BCUT2D eigenvalue weighted by molar-refractivity contribution is 0.0520. The van der Waals surface area contributed by atoms with Crippen molar-refractivity contribution >= 4 is 5.91 Å². The van der Waals surface area contributed by atoms with Crippen molar-refractivity contribution in [2.75, 3.05) is 20.2 Å². The molecule has 1 aliphatic rings. The molecule has 2 atom stereocenters. The molecule has 2 unspecified atom stereocenters. The summed E-state index contributed by atoms with van der Waals surface area (Å²) >= 11 is 0. The molecule has 156 valence electrons. The van der Waals surface area contributed by atoms with E-state index >= 15 is 0 Å². The van der Waals surface area contributed by atoms with Crippen LogP contribution in [-0.2, 0) is 0 Å². The number of carbonyl (C=O) groups excluding carboxylic acids is 1. The summed E-state index contributed by atoms with van der Waals surface area (Å²) in [5.41, 5.74) is 4.01. The van der Waals surface area contributed by atoms with Gasteiger partial charge in [-0.05, 0) is 44.5 Å². The van der Waals surface area contributed by atoms with Crippen molar-refractivity contribution in [1.82, 2.24) is 9.47 Å². The Bertz CT molecular complexity index is 1040. The topological polar surface area (TPSA) is 43.7 Å². The third kappa shape index (κ3) is 3.80. The van der Waals surface area contributed by atoms with Crippen LogP contribution in [0, 0.1) is 13.8 Å². The van der Waals surface area contributed by atoms with Gasteiger partial charge in [-0.15, -0.1) is 0 Å². The van der Waals surface area contributed by atoms with Gasteiger partial charge in [-0.3, -0.25) is 4.79 Å². The molecule has 5 nitrogen and oxygen atoms in total. The third-order valence-electron chi connectivity index (χ3n) is 5.78. The number of hydrogen-bond acceptors (Lipinski definition) is 3. The van der Waals surface area contributed by atoms with Crippen LogP contribution in [0.2, 0.25) is 0 Å². The van der Waals surface area contributed by atoms with Crippen LogP contribution in [-0.4, -0.2) is 41.7 Å². The molecule has 1 aliphatic heterocycles. The van der Waals surface area contributed by atoms with Gasteiger partial charge in [-0.25, -0.2) is 0 Å². The molecule has 2 aromatic carbocycles. The predicted molar refractivity (Wildman–Crippen MR) is 117 cm³/mol. The lowest BCUT2D eigenvalue weighted by atomic mass is 10.1. The van der Waals surface area contributed by atoms with Crippen LogP contribution in [0.15, 0.2) is 60.7 Å². The van der Waals surface area contributed by atoms with Crippen molar-refractivity contribution in [3.8, 4) is 11.5 Å². The highest BCUT2D eigenvalue weighted by Gasteiger charge is 2.26. The fraction of sp³-hybridized carbons (Fsp3) is 0.320. The van der Waals surface area contributed by atoms with Crippen molar-refractivity contribution in [3.63, 3.8) is 0 Å². The van der Waals surface area contributed by atoms with E-state index in [1.165, 1.54) is 5.56 Å². The Kier molecular flexibility index (Phi) is 5.53. The number of aromatic nitrogens is 1.